The largest absolute Gasteiger partial charge is 0.456 e. The monoisotopic (exact) mass is 732 g/mol. The van der Waals surface area contributed by atoms with Crippen molar-refractivity contribution in [1.82, 2.24) is 9.88 Å². The van der Waals surface area contributed by atoms with E-state index in [-0.39, 0.29) is 6.17 Å². The highest BCUT2D eigenvalue weighted by Gasteiger charge is 2.25. The summed E-state index contributed by atoms with van der Waals surface area (Å²) in [6.07, 6.45) is -0.324. The first-order valence-corrected chi connectivity index (χ1v) is 19.2. The van der Waals surface area contributed by atoms with Crippen LogP contribution in [0.2, 0.25) is 0 Å². The number of aromatic nitrogens is 1. The molecule has 12 rings (SSSR count). The van der Waals surface area contributed by atoms with Gasteiger partial charge in [0, 0.05) is 38.1 Å². The molecule has 0 spiro atoms. The molecule has 0 bridgehead atoms. The van der Waals surface area contributed by atoms with E-state index in [1.54, 1.807) is 0 Å². The van der Waals surface area contributed by atoms with E-state index in [2.05, 4.69) is 131 Å². The zero-order chi connectivity index (χ0) is 37.5. The number of rotatable bonds is 5. The molecule has 3 aromatic heterocycles. The smallest absolute Gasteiger partial charge is 0.159 e. The van der Waals surface area contributed by atoms with Crippen LogP contribution in [-0.2, 0) is 0 Å². The van der Waals surface area contributed by atoms with Crippen LogP contribution in [0.4, 0.5) is 0 Å². The Morgan fingerprint density at radius 3 is 1.88 bits per heavy atom. The molecule has 57 heavy (non-hydrogen) atoms. The Balaban J connectivity index is 1.08. The van der Waals surface area contributed by atoms with Gasteiger partial charge in [0.15, 0.2) is 5.84 Å². The maximum Gasteiger partial charge on any atom is 0.159 e. The summed E-state index contributed by atoms with van der Waals surface area (Å²) in [6.45, 7) is 0. The molecule has 1 aliphatic heterocycles. The average Bonchev–Trinajstić information content (AvgIpc) is 3.95. The van der Waals surface area contributed by atoms with Crippen LogP contribution in [0.5, 0.6) is 0 Å². The van der Waals surface area contributed by atoms with Crippen molar-refractivity contribution in [2.45, 2.75) is 6.17 Å². The first kappa shape index (κ1) is 31.6. The number of benzene rings is 8. The van der Waals surface area contributed by atoms with E-state index in [4.69, 9.17) is 18.8 Å². The normalized spacial score (nSPS) is 14.5. The summed E-state index contributed by atoms with van der Waals surface area (Å²) in [6, 6.07) is 63.4. The molecule has 0 saturated carbocycles. The minimum Gasteiger partial charge on any atom is -0.456 e. The van der Waals surface area contributed by atoms with Crippen LogP contribution >= 0.6 is 0 Å². The number of para-hydroxylation sites is 3. The number of aliphatic imine (C=N–C) groups is 2. The van der Waals surface area contributed by atoms with Crippen LogP contribution < -0.4 is 5.32 Å². The van der Waals surface area contributed by atoms with Gasteiger partial charge in [0.05, 0.1) is 22.1 Å². The van der Waals surface area contributed by atoms with Crippen LogP contribution in [0.25, 0.3) is 82.5 Å². The fourth-order valence-corrected chi connectivity index (χ4v) is 8.58. The van der Waals surface area contributed by atoms with E-state index in [0.717, 1.165) is 94.3 Å². The van der Waals surface area contributed by atoms with Crippen molar-refractivity contribution in [3.63, 3.8) is 0 Å². The number of amidine groups is 2. The van der Waals surface area contributed by atoms with Crippen LogP contribution in [0, 0.1) is 0 Å². The van der Waals surface area contributed by atoms with E-state index in [1.807, 2.05) is 60.7 Å². The van der Waals surface area contributed by atoms with E-state index in [0.29, 0.717) is 5.84 Å². The first-order valence-electron chi connectivity index (χ1n) is 19.2. The van der Waals surface area contributed by atoms with Crippen molar-refractivity contribution in [3.05, 3.63) is 199 Å². The molecule has 6 heteroatoms. The lowest BCUT2D eigenvalue weighted by molar-refractivity contribution is 0.666. The van der Waals surface area contributed by atoms with E-state index in [9.17, 15) is 0 Å². The Bertz CT molecular complexity index is 3440. The van der Waals surface area contributed by atoms with Crippen molar-refractivity contribution in [3.8, 4) is 16.8 Å². The maximum atomic E-state index is 6.67. The summed E-state index contributed by atoms with van der Waals surface area (Å²) >= 11 is 0. The van der Waals surface area contributed by atoms with Crippen molar-refractivity contribution in [2.75, 3.05) is 0 Å². The molecule has 8 aromatic carbocycles. The number of fused-ring (bicyclic) bond motifs is 9. The molecule has 0 amide bonds. The predicted octanol–water partition coefficient (Wildman–Crippen LogP) is 12.7. The van der Waals surface area contributed by atoms with Crippen LogP contribution in [-0.4, -0.2) is 16.2 Å². The second-order valence-corrected chi connectivity index (χ2v) is 14.6. The maximum absolute atomic E-state index is 6.67. The van der Waals surface area contributed by atoms with Gasteiger partial charge in [0.1, 0.15) is 34.3 Å². The van der Waals surface area contributed by atoms with Crippen molar-refractivity contribution >= 4 is 77.4 Å². The van der Waals surface area contributed by atoms with E-state index >= 15 is 0 Å². The summed E-state index contributed by atoms with van der Waals surface area (Å²) in [7, 11) is 0. The molecule has 6 nitrogen and oxygen atoms in total. The zero-order valence-electron chi connectivity index (χ0n) is 30.6. The standard InChI is InChI=1S/C51H32N4O2/c1-3-13-31(14-4-1)49-52-50(32-15-5-2-6-16-32)54-51(53-49)35-29-43(48-38-19-9-12-22-45(38)57-47(48)30-35)55-41-20-10-7-17-36(41)39-27-33(23-25-42(39)55)34-24-26-46-40(28-34)37-18-8-11-21-44(37)56-46/h1-30,49H,(H,52,53,54). The minimum absolute atomic E-state index is 0.324. The molecule has 0 fully saturated rings. The third kappa shape index (κ3) is 5.04. The SMILES string of the molecule is c1ccc(C2=NC(c3ccccc3)NC(c3cc(-n4c5ccccc5c5cc(-c6ccc7oc8ccccc8c7c6)ccc54)c4c(c3)oc3ccccc34)=N2)cc1. The molecule has 1 atom stereocenters. The summed E-state index contributed by atoms with van der Waals surface area (Å²) in [4.78, 5) is 10.3. The Hall–Kier alpha value is -7.70. The van der Waals surface area contributed by atoms with Crippen LogP contribution in [0.1, 0.15) is 22.9 Å². The van der Waals surface area contributed by atoms with Gasteiger partial charge in [0.25, 0.3) is 0 Å². The fourth-order valence-electron chi connectivity index (χ4n) is 8.58. The number of hydrogen-bond donors (Lipinski definition) is 1. The van der Waals surface area contributed by atoms with Crippen molar-refractivity contribution in [1.29, 1.82) is 0 Å². The molecular formula is C51H32N4O2. The van der Waals surface area contributed by atoms with Gasteiger partial charge in [-0.25, -0.2) is 9.98 Å². The van der Waals surface area contributed by atoms with Crippen LogP contribution in [0.3, 0.4) is 0 Å². The van der Waals surface area contributed by atoms with Crippen molar-refractivity contribution < 1.29 is 8.83 Å². The van der Waals surface area contributed by atoms with Gasteiger partial charge in [0.2, 0.25) is 0 Å². The molecule has 1 N–H and O–H groups in total. The van der Waals surface area contributed by atoms with E-state index < -0.39 is 0 Å². The highest BCUT2D eigenvalue weighted by Crippen LogP contribution is 2.41. The molecule has 1 aliphatic rings. The lowest BCUT2D eigenvalue weighted by Crippen LogP contribution is -2.33. The quantitative estimate of drug-likeness (QED) is 0.192. The Morgan fingerprint density at radius 1 is 0.439 bits per heavy atom. The average molecular weight is 733 g/mol. The summed E-state index contributed by atoms with van der Waals surface area (Å²) in [5.41, 5.74) is 11.9. The molecule has 0 aliphatic carbocycles. The van der Waals surface area contributed by atoms with Gasteiger partial charge in [-0.3, -0.25) is 0 Å². The highest BCUT2D eigenvalue weighted by molar-refractivity contribution is 6.19. The number of nitrogens with zero attached hydrogens (tertiary/aromatic N) is 3. The van der Waals surface area contributed by atoms with Gasteiger partial charge >= 0.3 is 0 Å². The summed E-state index contributed by atoms with van der Waals surface area (Å²) in [5.74, 6) is 1.40. The Morgan fingerprint density at radius 2 is 1.05 bits per heavy atom. The molecule has 11 aromatic rings. The second kappa shape index (κ2) is 12.4. The Kier molecular flexibility index (Phi) is 6.89. The van der Waals surface area contributed by atoms with Gasteiger partial charge in [-0.2, -0.15) is 0 Å². The van der Waals surface area contributed by atoms with Gasteiger partial charge in [-0.1, -0.05) is 127 Å². The van der Waals surface area contributed by atoms with Crippen molar-refractivity contribution in [2.24, 2.45) is 9.98 Å². The molecule has 1 unspecified atom stereocenters. The molecule has 0 saturated heterocycles. The zero-order valence-corrected chi connectivity index (χ0v) is 30.6. The third-order valence-electron chi connectivity index (χ3n) is 11.2. The summed E-state index contributed by atoms with van der Waals surface area (Å²) in [5, 5.41) is 10.4. The molecular weight excluding hydrogens is 701 g/mol. The summed E-state index contributed by atoms with van der Waals surface area (Å²) < 4.78 is 15.2. The molecule has 4 heterocycles. The molecule has 0 radical (unpaired) electrons. The lowest BCUT2D eigenvalue weighted by atomic mass is 10.0. The third-order valence-corrected chi connectivity index (χ3v) is 11.2. The number of furan rings is 2. The second-order valence-electron chi connectivity index (χ2n) is 14.6. The topological polar surface area (TPSA) is 68.0 Å². The predicted molar refractivity (Wildman–Crippen MR) is 233 cm³/mol. The highest BCUT2D eigenvalue weighted by atomic mass is 16.3. The Labute approximate surface area is 326 Å². The van der Waals surface area contributed by atoms with E-state index in [1.165, 1.54) is 10.8 Å². The van der Waals surface area contributed by atoms with Gasteiger partial charge < -0.3 is 18.7 Å². The first-order chi connectivity index (χ1) is 28.2. The molecule has 268 valence electrons. The minimum atomic E-state index is -0.324. The number of hydrogen-bond acceptors (Lipinski definition) is 5. The lowest BCUT2D eigenvalue weighted by Gasteiger charge is -2.24. The fraction of sp³-hybridized carbons (Fsp3) is 0.0196. The number of nitrogens with one attached hydrogen (secondary N) is 1. The van der Waals surface area contributed by atoms with Crippen LogP contribution in [0.15, 0.2) is 201 Å². The van der Waals surface area contributed by atoms with Gasteiger partial charge in [-0.15, -0.1) is 0 Å². The van der Waals surface area contributed by atoms with Gasteiger partial charge in [-0.05, 0) is 71.3 Å².